The Bertz CT molecular complexity index is 842. The highest BCUT2D eigenvalue weighted by Crippen LogP contribution is 2.17. The molecule has 4 nitrogen and oxygen atoms in total. The van der Waals surface area contributed by atoms with Crippen molar-refractivity contribution in [3.05, 3.63) is 70.3 Å². The van der Waals surface area contributed by atoms with Gasteiger partial charge in [-0.2, -0.15) is 0 Å². The minimum atomic E-state index is -0.541. The molecule has 0 saturated heterocycles. The Morgan fingerprint density at radius 3 is 2.21 bits per heavy atom. The van der Waals surface area contributed by atoms with Crippen LogP contribution in [-0.4, -0.2) is 28.8 Å². The monoisotopic (exact) mass is 380 g/mol. The van der Waals surface area contributed by atoms with Crippen LogP contribution in [0.3, 0.4) is 0 Å². The number of nitrogens with one attached hydrogen (secondary N) is 1. The van der Waals surface area contributed by atoms with Crippen LogP contribution in [0.15, 0.2) is 42.5 Å². The average Bonchev–Trinajstić information content (AvgIpc) is 2.63. The zero-order chi connectivity index (χ0) is 20.8. The lowest BCUT2D eigenvalue weighted by Crippen LogP contribution is -2.49. The summed E-state index contributed by atoms with van der Waals surface area (Å²) in [4.78, 5) is 27.5. The molecule has 1 atom stereocenters. The van der Waals surface area contributed by atoms with Crippen LogP contribution in [0.25, 0.3) is 0 Å². The lowest BCUT2D eigenvalue weighted by Gasteiger charge is -2.30. The van der Waals surface area contributed by atoms with Gasteiger partial charge in [0.15, 0.2) is 0 Å². The highest BCUT2D eigenvalue weighted by atomic mass is 16.2. The smallest absolute Gasteiger partial charge is 0.242 e. The van der Waals surface area contributed by atoms with E-state index < -0.39 is 6.04 Å². The van der Waals surface area contributed by atoms with Crippen molar-refractivity contribution in [3.8, 4) is 0 Å². The molecule has 2 amide bonds. The summed E-state index contributed by atoms with van der Waals surface area (Å²) >= 11 is 0. The van der Waals surface area contributed by atoms with Gasteiger partial charge in [0.25, 0.3) is 0 Å². The fourth-order valence-corrected chi connectivity index (χ4v) is 3.15. The van der Waals surface area contributed by atoms with Crippen LogP contribution >= 0.6 is 0 Å². The molecule has 0 saturated carbocycles. The van der Waals surface area contributed by atoms with Gasteiger partial charge in [0.2, 0.25) is 11.8 Å². The largest absolute Gasteiger partial charge is 0.352 e. The van der Waals surface area contributed by atoms with E-state index in [9.17, 15) is 9.59 Å². The van der Waals surface area contributed by atoms with Crippen molar-refractivity contribution in [1.29, 1.82) is 0 Å². The fraction of sp³-hybridized carbons (Fsp3) is 0.417. The van der Waals surface area contributed by atoms with Gasteiger partial charge in [-0.3, -0.25) is 9.59 Å². The zero-order valence-electron chi connectivity index (χ0n) is 17.9. The van der Waals surface area contributed by atoms with Gasteiger partial charge in [0.05, 0.1) is 6.42 Å². The van der Waals surface area contributed by atoms with Crippen molar-refractivity contribution >= 4 is 11.8 Å². The highest BCUT2D eigenvalue weighted by molar-refractivity contribution is 5.88. The normalized spacial score (nSPS) is 12.0. The van der Waals surface area contributed by atoms with E-state index >= 15 is 0 Å². The number of rotatable bonds is 7. The summed E-state index contributed by atoms with van der Waals surface area (Å²) in [6.45, 7) is 12.2. The van der Waals surface area contributed by atoms with Gasteiger partial charge < -0.3 is 10.2 Å². The van der Waals surface area contributed by atoms with Crippen molar-refractivity contribution in [2.75, 3.05) is 0 Å². The van der Waals surface area contributed by atoms with Crippen molar-refractivity contribution < 1.29 is 9.59 Å². The predicted octanol–water partition coefficient (Wildman–Crippen LogP) is 4.10. The summed E-state index contributed by atoms with van der Waals surface area (Å²) in [5.41, 5.74) is 5.52. The first-order chi connectivity index (χ1) is 13.2. The third kappa shape index (κ3) is 5.69. The van der Waals surface area contributed by atoms with Crippen molar-refractivity contribution in [1.82, 2.24) is 10.2 Å². The van der Waals surface area contributed by atoms with Gasteiger partial charge in [-0.25, -0.2) is 0 Å². The summed E-state index contributed by atoms with van der Waals surface area (Å²) in [5.74, 6) is -0.171. The van der Waals surface area contributed by atoms with Gasteiger partial charge in [-0.1, -0.05) is 42.5 Å². The van der Waals surface area contributed by atoms with Crippen LogP contribution in [0.1, 0.15) is 48.6 Å². The minimum absolute atomic E-state index is 0.0325. The topological polar surface area (TPSA) is 49.4 Å². The van der Waals surface area contributed by atoms with Gasteiger partial charge in [0, 0.05) is 12.6 Å². The number of nitrogens with zero attached hydrogens (tertiary/aromatic N) is 1. The molecule has 0 fully saturated rings. The van der Waals surface area contributed by atoms with Gasteiger partial charge in [-0.15, -0.1) is 0 Å². The van der Waals surface area contributed by atoms with Gasteiger partial charge in [-0.05, 0) is 69.4 Å². The van der Waals surface area contributed by atoms with E-state index in [0.717, 1.165) is 16.7 Å². The van der Waals surface area contributed by atoms with E-state index in [0.29, 0.717) is 6.54 Å². The Morgan fingerprint density at radius 2 is 1.61 bits per heavy atom. The van der Waals surface area contributed by atoms with Crippen molar-refractivity contribution in [3.63, 3.8) is 0 Å². The van der Waals surface area contributed by atoms with E-state index in [4.69, 9.17) is 0 Å². The Labute approximate surface area is 169 Å². The number of carbonyl (C=O) groups excluding carboxylic acids is 2. The van der Waals surface area contributed by atoms with E-state index in [2.05, 4.69) is 18.3 Å². The quantitative estimate of drug-likeness (QED) is 0.786. The first kappa shape index (κ1) is 21.7. The number of carbonyl (C=O) groups is 2. The Kier molecular flexibility index (Phi) is 7.38. The first-order valence-electron chi connectivity index (χ1n) is 9.89. The van der Waals surface area contributed by atoms with E-state index in [-0.39, 0.29) is 24.3 Å². The molecule has 150 valence electrons. The highest BCUT2D eigenvalue weighted by Gasteiger charge is 2.26. The van der Waals surface area contributed by atoms with E-state index in [1.54, 1.807) is 11.8 Å². The van der Waals surface area contributed by atoms with Crippen LogP contribution in [0, 0.1) is 20.8 Å². The molecule has 0 heterocycles. The SMILES string of the molecule is Cc1ccc(CC(=O)N(Cc2ccccc2C)C(C)C(=O)NC(C)C)cc1C. The van der Waals surface area contributed by atoms with Gasteiger partial charge in [0.1, 0.15) is 6.04 Å². The number of aryl methyl sites for hydroxylation is 3. The second kappa shape index (κ2) is 9.54. The summed E-state index contributed by atoms with van der Waals surface area (Å²) in [7, 11) is 0. The molecular formula is C24H32N2O2. The van der Waals surface area contributed by atoms with Crippen molar-refractivity contribution in [2.45, 2.75) is 66.6 Å². The molecular weight excluding hydrogens is 348 g/mol. The Balaban J connectivity index is 2.27. The summed E-state index contributed by atoms with van der Waals surface area (Å²) < 4.78 is 0. The maximum atomic E-state index is 13.2. The first-order valence-corrected chi connectivity index (χ1v) is 9.89. The summed E-state index contributed by atoms with van der Waals surface area (Å²) in [5, 5.41) is 2.93. The summed E-state index contributed by atoms with van der Waals surface area (Å²) in [6, 6.07) is 13.6. The van der Waals surface area contributed by atoms with E-state index in [1.165, 1.54) is 11.1 Å². The molecule has 4 heteroatoms. The second-order valence-electron chi connectivity index (χ2n) is 7.88. The molecule has 0 spiro atoms. The number of benzene rings is 2. The van der Waals surface area contributed by atoms with Crippen LogP contribution in [0.2, 0.25) is 0 Å². The molecule has 0 radical (unpaired) electrons. The fourth-order valence-electron chi connectivity index (χ4n) is 3.15. The predicted molar refractivity (Wildman–Crippen MR) is 114 cm³/mol. The molecule has 0 bridgehead atoms. The number of amides is 2. The lowest BCUT2D eigenvalue weighted by atomic mass is 10.0. The average molecular weight is 381 g/mol. The Hall–Kier alpha value is -2.62. The molecule has 0 aliphatic rings. The summed E-state index contributed by atoms with van der Waals surface area (Å²) in [6.07, 6.45) is 0.284. The molecule has 0 aliphatic carbocycles. The van der Waals surface area contributed by atoms with Crippen molar-refractivity contribution in [2.24, 2.45) is 0 Å². The molecule has 1 N–H and O–H groups in total. The molecule has 2 aromatic carbocycles. The number of hydrogen-bond acceptors (Lipinski definition) is 2. The van der Waals surface area contributed by atoms with Gasteiger partial charge >= 0.3 is 0 Å². The molecule has 0 aromatic heterocycles. The second-order valence-corrected chi connectivity index (χ2v) is 7.88. The van der Waals surface area contributed by atoms with Crippen LogP contribution in [-0.2, 0) is 22.6 Å². The van der Waals surface area contributed by atoms with Crippen LogP contribution in [0.5, 0.6) is 0 Å². The lowest BCUT2D eigenvalue weighted by molar-refractivity contribution is -0.140. The molecule has 2 rings (SSSR count). The number of hydrogen-bond donors (Lipinski definition) is 1. The third-order valence-corrected chi connectivity index (χ3v) is 5.13. The third-order valence-electron chi connectivity index (χ3n) is 5.13. The zero-order valence-corrected chi connectivity index (χ0v) is 17.9. The Morgan fingerprint density at radius 1 is 0.929 bits per heavy atom. The molecule has 2 aromatic rings. The molecule has 1 unspecified atom stereocenters. The van der Waals surface area contributed by atoms with Crippen LogP contribution in [0.4, 0.5) is 0 Å². The standard InChI is InChI=1S/C24H32N2O2/c1-16(2)25-24(28)20(6)26(15-22-10-8-7-9-18(22)4)23(27)14-21-12-11-17(3)19(5)13-21/h7-13,16,20H,14-15H2,1-6H3,(H,25,28). The van der Waals surface area contributed by atoms with E-state index in [1.807, 2.05) is 64.1 Å². The maximum Gasteiger partial charge on any atom is 0.242 e. The molecule has 0 aliphatic heterocycles. The maximum absolute atomic E-state index is 13.2. The molecule has 28 heavy (non-hydrogen) atoms. The minimum Gasteiger partial charge on any atom is -0.352 e. The van der Waals surface area contributed by atoms with Crippen LogP contribution < -0.4 is 5.32 Å².